The van der Waals surface area contributed by atoms with Gasteiger partial charge in [-0.2, -0.15) is 14.0 Å². The van der Waals surface area contributed by atoms with Crippen molar-refractivity contribution in [1.29, 1.82) is 5.26 Å². The number of rotatable bonds is 3. The van der Waals surface area contributed by atoms with E-state index in [1.807, 2.05) is 0 Å². The Morgan fingerprint density at radius 2 is 1.87 bits per heavy atom. The monoisotopic (exact) mass is 209 g/mol. The van der Waals surface area contributed by atoms with Crippen LogP contribution in [0.15, 0.2) is 24.3 Å². The predicted molar refractivity (Wildman–Crippen MR) is 49.6 cm³/mol. The van der Waals surface area contributed by atoms with Crippen LogP contribution in [0.25, 0.3) is 0 Å². The number of alkyl halides is 2. The van der Waals surface area contributed by atoms with Gasteiger partial charge >= 0.3 is 6.61 Å². The fraction of sp³-hybridized carbons (Fsp3) is 0.364. The molecule has 2 nitrogen and oxygen atoms in total. The lowest BCUT2D eigenvalue weighted by Gasteiger charge is -2.08. The van der Waals surface area contributed by atoms with Crippen molar-refractivity contribution >= 4 is 0 Å². The molecule has 0 atom stereocenters. The first-order chi connectivity index (χ1) is 7.16. The molecule has 78 valence electrons. The number of benzene rings is 1. The lowest BCUT2D eigenvalue weighted by molar-refractivity contribution is -0.0498. The highest BCUT2D eigenvalue weighted by molar-refractivity contribution is 5.41. The fourth-order valence-electron chi connectivity index (χ4n) is 1.55. The molecule has 0 heterocycles. The predicted octanol–water partition coefficient (Wildman–Crippen LogP) is 2.84. The van der Waals surface area contributed by atoms with Crippen molar-refractivity contribution in [1.82, 2.24) is 0 Å². The Hall–Kier alpha value is -1.63. The van der Waals surface area contributed by atoms with Crippen molar-refractivity contribution in [2.75, 3.05) is 0 Å². The molecule has 1 fully saturated rings. The summed E-state index contributed by atoms with van der Waals surface area (Å²) >= 11 is 0. The van der Waals surface area contributed by atoms with Crippen LogP contribution in [0.2, 0.25) is 0 Å². The number of halogens is 2. The molecule has 0 saturated heterocycles. The third kappa shape index (κ3) is 1.91. The second-order valence-electron chi connectivity index (χ2n) is 3.60. The summed E-state index contributed by atoms with van der Waals surface area (Å²) in [4.78, 5) is 0. The van der Waals surface area contributed by atoms with Crippen molar-refractivity contribution in [2.45, 2.75) is 24.9 Å². The van der Waals surface area contributed by atoms with Gasteiger partial charge in [0.2, 0.25) is 0 Å². The first-order valence-corrected chi connectivity index (χ1v) is 4.63. The molecule has 0 N–H and O–H groups in total. The second-order valence-corrected chi connectivity index (χ2v) is 3.60. The third-order valence-electron chi connectivity index (χ3n) is 2.60. The summed E-state index contributed by atoms with van der Waals surface area (Å²) in [5.74, 6) is 0.127. The molecule has 1 aliphatic rings. The lowest BCUT2D eigenvalue weighted by atomic mass is 9.98. The van der Waals surface area contributed by atoms with E-state index in [4.69, 9.17) is 5.26 Å². The maximum atomic E-state index is 11.9. The molecule has 0 bridgehead atoms. The average molecular weight is 209 g/mol. The largest absolute Gasteiger partial charge is 0.435 e. The van der Waals surface area contributed by atoms with Gasteiger partial charge in [-0.1, -0.05) is 12.1 Å². The smallest absolute Gasteiger partial charge is 0.387 e. The number of hydrogen-bond acceptors (Lipinski definition) is 2. The van der Waals surface area contributed by atoms with Crippen LogP contribution in [0, 0.1) is 11.3 Å². The van der Waals surface area contributed by atoms with Gasteiger partial charge in [-0.3, -0.25) is 0 Å². The van der Waals surface area contributed by atoms with Crippen LogP contribution < -0.4 is 4.74 Å². The Morgan fingerprint density at radius 1 is 1.27 bits per heavy atom. The highest BCUT2D eigenvalue weighted by Crippen LogP contribution is 2.47. The van der Waals surface area contributed by atoms with Gasteiger partial charge in [0.25, 0.3) is 0 Å². The molecule has 1 saturated carbocycles. The van der Waals surface area contributed by atoms with Gasteiger partial charge in [-0.15, -0.1) is 0 Å². The van der Waals surface area contributed by atoms with Crippen LogP contribution in [0.4, 0.5) is 8.78 Å². The lowest BCUT2D eigenvalue weighted by Crippen LogP contribution is -2.04. The van der Waals surface area contributed by atoms with Gasteiger partial charge in [0.1, 0.15) is 5.75 Å². The molecule has 1 aromatic carbocycles. The van der Waals surface area contributed by atoms with Crippen molar-refractivity contribution in [3.63, 3.8) is 0 Å². The molecule has 1 aromatic rings. The Kier molecular flexibility index (Phi) is 2.31. The van der Waals surface area contributed by atoms with E-state index >= 15 is 0 Å². The molecule has 0 aliphatic heterocycles. The van der Waals surface area contributed by atoms with Crippen molar-refractivity contribution < 1.29 is 13.5 Å². The molecule has 0 unspecified atom stereocenters. The van der Waals surface area contributed by atoms with E-state index in [0.717, 1.165) is 18.4 Å². The minimum atomic E-state index is -2.80. The van der Waals surface area contributed by atoms with Gasteiger partial charge in [-0.25, -0.2) is 0 Å². The Balaban J connectivity index is 2.15. The molecule has 0 radical (unpaired) electrons. The summed E-state index contributed by atoms with van der Waals surface area (Å²) in [7, 11) is 0. The normalized spacial score (nSPS) is 17.2. The molecule has 2 rings (SSSR count). The minimum absolute atomic E-state index is 0.127. The summed E-state index contributed by atoms with van der Waals surface area (Å²) in [5.41, 5.74) is 0.509. The van der Waals surface area contributed by atoms with Gasteiger partial charge in [0, 0.05) is 0 Å². The van der Waals surface area contributed by atoms with Gasteiger partial charge < -0.3 is 4.74 Å². The average Bonchev–Trinajstić information content (AvgIpc) is 2.99. The molecule has 0 aromatic heterocycles. The van der Waals surface area contributed by atoms with Crippen molar-refractivity contribution in [2.24, 2.45) is 0 Å². The second kappa shape index (κ2) is 3.50. The molecule has 0 amide bonds. The molecular weight excluding hydrogens is 200 g/mol. The summed E-state index contributed by atoms with van der Waals surface area (Å²) in [6, 6.07) is 8.53. The van der Waals surface area contributed by atoms with Crippen LogP contribution in [0.1, 0.15) is 18.4 Å². The summed E-state index contributed by atoms with van der Waals surface area (Å²) in [6.45, 7) is -2.80. The summed E-state index contributed by atoms with van der Waals surface area (Å²) in [5, 5.41) is 8.92. The van der Waals surface area contributed by atoms with Crippen molar-refractivity contribution in [3.05, 3.63) is 29.8 Å². The number of nitrogens with zero attached hydrogens (tertiary/aromatic N) is 1. The standard InChI is InChI=1S/C11H9F2NO/c12-10(13)15-9-3-1-8(2-4-9)11(7-14)5-6-11/h1-4,10H,5-6H2. The van der Waals surface area contributed by atoms with E-state index < -0.39 is 6.61 Å². The van der Waals surface area contributed by atoms with Crippen LogP contribution in [-0.2, 0) is 5.41 Å². The topological polar surface area (TPSA) is 33.0 Å². The summed E-state index contributed by atoms with van der Waals surface area (Å²) in [6.07, 6.45) is 1.69. The van der Waals surface area contributed by atoms with Crippen molar-refractivity contribution in [3.8, 4) is 11.8 Å². The first kappa shape index (κ1) is 9.91. The van der Waals surface area contributed by atoms with E-state index in [9.17, 15) is 8.78 Å². The van der Waals surface area contributed by atoms with E-state index in [1.165, 1.54) is 12.1 Å². The van der Waals surface area contributed by atoms with Crippen LogP contribution in [-0.4, -0.2) is 6.61 Å². The molecule has 1 aliphatic carbocycles. The zero-order valence-electron chi connectivity index (χ0n) is 7.91. The third-order valence-corrected chi connectivity index (χ3v) is 2.60. The zero-order valence-corrected chi connectivity index (χ0v) is 7.91. The zero-order chi connectivity index (χ0) is 10.9. The quantitative estimate of drug-likeness (QED) is 0.766. The number of ether oxygens (including phenoxy) is 1. The van der Waals surface area contributed by atoms with E-state index in [2.05, 4.69) is 10.8 Å². The first-order valence-electron chi connectivity index (χ1n) is 4.63. The number of hydrogen-bond donors (Lipinski definition) is 0. The maximum Gasteiger partial charge on any atom is 0.387 e. The van der Waals surface area contributed by atoms with Gasteiger partial charge in [0.15, 0.2) is 0 Å². The fourth-order valence-corrected chi connectivity index (χ4v) is 1.55. The van der Waals surface area contributed by atoms with Crippen LogP contribution in [0.3, 0.4) is 0 Å². The Morgan fingerprint density at radius 3 is 2.27 bits per heavy atom. The highest BCUT2D eigenvalue weighted by Gasteiger charge is 2.44. The minimum Gasteiger partial charge on any atom is -0.435 e. The maximum absolute atomic E-state index is 11.9. The van der Waals surface area contributed by atoms with E-state index in [0.29, 0.717) is 0 Å². The number of nitriles is 1. The SMILES string of the molecule is N#CC1(c2ccc(OC(F)F)cc2)CC1. The molecular formula is C11H9F2NO. The van der Waals surface area contributed by atoms with Gasteiger partial charge in [-0.05, 0) is 30.5 Å². The Bertz CT molecular complexity index is 390. The molecule has 0 spiro atoms. The highest BCUT2D eigenvalue weighted by atomic mass is 19.3. The van der Waals surface area contributed by atoms with Gasteiger partial charge in [0.05, 0.1) is 11.5 Å². The Labute approximate surface area is 86.1 Å². The molecule has 4 heteroatoms. The molecule has 15 heavy (non-hydrogen) atoms. The van der Waals surface area contributed by atoms with Crippen LogP contribution in [0.5, 0.6) is 5.75 Å². The van der Waals surface area contributed by atoms with E-state index in [-0.39, 0.29) is 11.2 Å². The van der Waals surface area contributed by atoms with Crippen LogP contribution >= 0.6 is 0 Å². The van der Waals surface area contributed by atoms with E-state index in [1.54, 1.807) is 12.1 Å². The summed E-state index contributed by atoms with van der Waals surface area (Å²) < 4.78 is 27.9.